The van der Waals surface area contributed by atoms with Gasteiger partial charge in [0.25, 0.3) is 0 Å². The fourth-order valence-electron chi connectivity index (χ4n) is 2.17. The highest BCUT2D eigenvalue weighted by Gasteiger charge is 2.15. The number of hydrogen-bond donors (Lipinski definition) is 1. The van der Waals surface area contributed by atoms with Gasteiger partial charge in [-0.25, -0.2) is 0 Å². The molecule has 20 heavy (non-hydrogen) atoms. The molecule has 3 rings (SSSR count). The van der Waals surface area contributed by atoms with Crippen molar-refractivity contribution in [3.05, 3.63) is 64.9 Å². The van der Waals surface area contributed by atoms with E-state index in [-0.39, 0.29) is 6.04 Å². The van der Waals surface area contributed by atoms with Gasteiger partial charge in [0.1, 0.15) is 17.1 Å². The molecule has 0 aliphatic heterocycles. The van der Waals surface area contributed by atoms with Gasteiger partial charge in [0.2, 0.25) is 0 Å². The molecule has 1 atom stereocenters. The average Bonchev–Trinajstić information content (AvgIpc) is 2.92. The zero-order valence-corrected chi connectivity index (χ0v) is 11.7. The van der Waals surface area contributed by atoms with Crippen LogP contribution in [0.15, 0.2) is 52.9 Å². The zero-order chi connectivity index (χ0) is 14.1. The number of ether oxygens (including phenoxy) is 1. The molecule has 1 aromatic heterocycles. The van der Waals surface area contributed by atoms with E-state index in [1.54, 1.807) is 7.11 Å². The summed E-state index contributed by atoms with van der Waals surface area (Å²) in [7, 11) is 1.64. The van der Waals surface area contributed by atoms with E-state index in [1.807, 2.05) is 48.5 Å². The molecule has 0 saturated heterocycles. The van der Waals surface area contributed by atoms with Gasteiger partial charge in [-0.15, -0.1) is 0 Å². The Kier molecular flexibility index (Phi) is 3.38. The highest BCUT2D eigenvalue weighted by molar-refractivity contribution is 6.35. The van der Waals surface area contributed by atoms with Crippen LogP contribution < -0.4 is 10.5 Å². The molecule has 0 bridgehead atoms. The normalized spacial score (nSPS) is 12.6. The monoisotopic (exact) mass is 287 g/mol. The van der Waals surface area contributed by atoms with Crippen LogP contribution in [0.3, 0.4) is 0 Å². The lowest BCUT2D eigenvalue weighted by atomic mass is 10.1. The number of benzene rings is 2. The Balaban J connectivity index is 1.98. The molecular weight excluding hydrogens is 274 g/mol. The summed E-state index contributed by atoms with van der Waals surface area (Å²) in [5, 5.41) is 1.55. The predicted octanol–water partition coefficient (Wildman–Crippen LogP) is 4.14. The fourth-order valence-corrected chi connectivity index (χ4v) is 2.39. The van der Waals surface area contributed by atoms with Crippen molar-refractivity contribution in [2.75, 3.05) is 7.11 Å². The van der Waals surface area contributed by atoms with E-state index in [4.69, 9.17) is 26.5 Å². The number of furan rings is 1. The van der Waals surface area contributed by atoms with Gasteiger partial charge in [0.05, 0.1) is 18.2 Å². The van der Waals surface area contributed by atoms with Crippen LogP contribution in [0.5, 0.6) is 5.75 Å². The lowest BCUT2D eigenvalue weighted by Gasteiger charge is -2.09. The third-order valence-electron chi connectivity index (χ3n) is 3.31. The Morgan fingerprint density at radius 3 is 2.55 bits per heavy atom. The Morgan fingerprint density at radius 1 is 1.15 bits per heavy atom. The summed E-state index contributed by atoms with van der Waals surface area (Å²) in [4.78, 5) is 0. The number of rotatable bonds is 3. The molecule has 102 valence electrons. The molecular formula is C16H14ClNO2. The van der Waals surface area contributed by atoms with Gasteiger partial charge in [-0.1, -0.05) is 29.8 Å². The maximum absolute atomic E-state index is 6.24. The second-order valence-corrected chi connectivity index (χ2v) is 4.96. The third-order valence-corrected chi connectivity index (χ3v) is 3.64. The summed E-state index contributed by atoms with van der Waals surface area (Å²) in [6.45, 7) is 0. The second kappa shape index (κ2) is 5.19. The van der Waals surface area contributed by atoms with Crippen LogP contribution in [0.1, 0.15) is 17.4 Å². The van der Waals surface area contributed by atoms with Crippen LogP contribution in [0.25, 0.3) is 11.0 Å². The van der Waals surface area contributed by atoms with Crippen LogP contribution in [0.4, 0.5) is 0 Å². The van der Waals surface area contributed by atoms with E-state index < -0.39 is 0 Å². The smallest absolute Gasteiger partial charge is 0.135 e. The fraction of sp³-hybridized carbons (Fsp3) is 0.125. The van der Waals surface area contributed by atoms with Crippen molar-refractivity contribution < 1.29 is 9.15 Å². The van der Waals surface area contributed by atoms with E-state index in [0.717, 1.165) is 22.3 Å². The van der Waals surface area contributed by atoms with Gasteiger partial charge in [0.15, 0.2) is 0 Å². The SMILES string of the molecule is COc1ccc(C(N)c2cc3c(Cl)cccc3o2)cc1. The van der Waals surface area contributed by atoms with Gasteiger partial charge in [-0.05, 0) is 35.9 Å². The van der Waals surface area contributed by atoms with E-state index in [0.29, 0.717) is 10.8 Å². The van der Waals surface area contributed by atoms with Gasteiger partial charge in [0, 0.05) is 5.39 Å². The topological polar surface area (TPSA) is 48.4 Å². The largest absolute Gasteiger partial charge is 0.497 e. The second-order valence-electron chi connectivity index (χ2n) is 4.55. The van der Waals surface area contributed by atoms with Gasteiger partial charge in [-0.3, -0.25) is 0 Å². The molecule has 3 nitrogen and oxygen atoms in total. The molecule has 1 heterocycles. The molecule has 0 aliphatic carbocycles. The number of hydrogen-bond acceptors (Lipinski definition) is 3. The van der Waals surface area contributed by atoms with Crippen molar-refractivity contribution in [1.29, 1.82) is 0 Å². The van der Waals surface area contributed by atoms with Gasteiger partial charge in [-0.2, -0.15) is 0 Å². The molecule has 3 aromatic rings. The number of nitrogens with two attached hydrogens (primary N) is 1. The average molecular weight is 288 g/mol. The molecule has 0 amide bonds. The lowest BCUT2D eigenvalue weighted by molar-refractivity contribution is 0.414. The molecule has 0 spiro atoms. The minimum Gasteiger partial charge on any atom is -0.497 e. The molecule has 0 saturated carbocycles. The minimum atomic E-state index is -0.329. The Morgan fingerprint density at radius 2 is 1.90 bits per heavy atom. The van der Waals surface area contributed by atoms with Crippen molar-refractivity contribution in [1.82, 2.24) is 0 Å². The van der Waals surface area contributed by atoms with Crippen molar-refractivity contribution >= 4 is 22.6 Å². The summed E-state index contributed by atoms with van der Waals surface area (Å²) in [5.41, 5.74) is 7.95. The lowest BCUT2D eigenvalue weighted by Crippen LogP contribution is -2.10. The standard InChI is InChI=1S/C16H14ClNO2/c1-19-11-7-5-10(6-8-11)16(18)15-9-12-13(17)3-2-4-14(12)20-15/h2-9,16H,18H2,1H3. The molecule has 2 aromatic carbocycles. The number of fused-ring (bicyclic) bond motifs is 1. The van der Waals surface area contributed by atoms with Gasteiger partial charge >= 0.3 is 0 Å². The first kappa shape index (κ1) is 13.0. The first-order chi connectivity index (χ1) is 9.69. The molecule has 4 heteroatoms. The summed E-state index contributed by atoms with van der Waals surface area (Å²) < 4.78 is 10.9. The van der Waals surface area contributed by atoms with Crippen molar-refractivity contribution in [3.8, 4) is 5.75 Å². The predicted molar refractivity (Wildman–Crippen MR) is 80.2 cm³/mol. The van der Waals surface area contributed by atoms with Crippen molar-refractivity contribution in [2.24, 2.45) is 5.73 Å². The van der Waals surface area contributed by atoms with Crippen molar-refractivity contribution in [2.45, 2.75) is 6.04 Å². The third kappa shape index (κ3) is 2.26. The number of halogens is 1. The molecule has 0 fully saturated rings. The minimum absolute atomic E-state index is 0.329. The van der Waals surface area contributed by atoms with E-state index in [1.165, 1.54) is 0 Å². The van der Waals surface area contributed by atoms with Crippen LogP contribution in [0, 0.1) is 0 Å². The number of methoxy groups -OCH3 is 1. The molecule has 0 aliphatic rings. The maximum Gasteiger partial charge on any atom is 0.135 e. The van der Waals surface area contributed by atoms with Crippen molar-refractivity contribution in [3.63, 3.8) is 0 Å². The summed E-state index contributed by atoms with van der Waals surface area (Å²) >= 11 is 6.14. The van der Waals surface area contributed by atoms with E-state index in [2.05, 4.69) is 0 Å². The summed E-state index contributed by atoms with van der Waals surface area (Å²) in [5.74, 6) is 1.49. The van der Waals surface area contributed by atoms with Gasteiger partial charge < -0.3 is 14.9 Å². The quantitative estimate of drug-likeness (QED) is 0.787. The van der Waals surface area contributed by atoms with Crippen LogP contribution in [-0.4, -0.2) is 7.11 Å². The first-order valence-electron chi connectivity index (χ1n) is 6.26. The Labute approximate surface area is 121 Å². The molecule has 0 radical (unpaired) electrons. The van der Waals surface area contributed by atoms with Crippen LogP contribution >= 0.6 is 11.6 Å². The summed E-state index contributed by atoms with van der Waals surface area (Å²) in [6, 6.07) is 14.8. The Bertz CT molecular complexity index is 734. The maximum atomic E-state index is 6.24. The highest BCUT2D eigenvalue weighted by atomic mass is 35.5. The first-order valence-corrected chi connectivity index (χ1v) is 6.64. The molecule has 2 N–H and O–H groups in total. The van der Waals surface area contributed by atoms with Crippen LogP contribution in [0.2, 0.25) is 5.02 Å². The Hall–Kier alpha value is -1.97. The zero-order valence-electron chi connectivity index (χ0n) is 11.0. The molecule has 1 unspecified atom stereocenters. The summed E-state index contributed by atoms with van der Waals surface area (Å²) in [6.07, 6.45) is 0. The van der Waals surface area contributed by atoms with E-state index >= 15 is 0 Å². The van der Waals surface area contributed by atoms with E-state index in [9.17, 15) is 0 Å². The highest BCUT2D eigenvalue weighted by Crippen LogP contribution is 2.31. The van der Waals surface area contributed by atoms with Crippen LogP contribution in [-0.2, 0) is 0 Å².